The molecular weight excluding hydrogens is 262 g/mol. The van der Waals surface area contributed by atoms with Crippen molar-refractivity contribution in [1.82, 2.24) is 0 Å². The maximum atomic E-state index is 12.3. The van der Waals surface area contributed by atoms with Crippen LogP contribution in [0.3, 0.4) is 0 Å². The predicted molar refractivity (Wildman–Crippen MR) is 76.8 cm³/mol. The van der Waals surface area contributed by atoms with Crippen LogP contribution in [-0.2, 0) is 4.74 Å². The second-order valence-corrected chi connectivity index (χ2v) is 6.82. The third kappa shape index (κ3) is 3.42. The van der Waals surface area contributed by atoms with E-state index in [-0.39, 0.29) is 18.0 Å². The van der Waals surface area contributed by atoms with Crippen LogP contribution in [0, 0.1) is 0 Å². The molecule has 1 aliphatic rings. The Bertz CT molecular complexity index is 470. The van der Waals surface area contributed by atoms with Crippen molar-refractivity contribution in [3.63, 3.8) is 0 Å². The number of hydrogen-bond acceptors (Lipinski definition) is 4. The topological polar surface area (TPSA) is 49.8 Å². The fraction of sp³-hybridized carbons (Fsp3) is 0.500. The SMILES string of the molecule is CC(C)(C)OC(=O)N1CC(CO)Sc2ccccc21. The summed E-state index contributed by atoms with van der Waals surface area (Å²) in [5, 5.41) is 9.34. The molecule has 2 rings (SSSR count). The number of aliphatic hydroxyl groups is 1. The minimum absolute atomic E-state index is 0.0116. The zero-order chi connectivity index (χ0) is 14.0. The quantitative estimate of drug-likeness (QED) is 0.860. The average Bonchev–Trinajstić information content (AvgIpc) is 2.35. The molecule has 104 valence electrons. The molecule has 0 aliphatic carbocycles. The number of fused-ring (bicyclic) bond motifs is 1. The fourth-order valence-corrected chi connectivity index (χ4v) is 3.00. The predicted octanol–water partition coefficient (Wildman–Crippen LogP) is 2.89. The molecule has 4 nitrogen and oxygen atoms in total. The molecule has 0 radical (unpaired) electrons. The van der Waals surface area contributed by atoms with E-state index < -0.39 is 5.60 Å². The third-order valence-electron chi connectivity index (χ3n) is 2.65. The molecule has 19 heavy (non-hydrogen) atoms. The van der Waals surface area contributed by atoms with Crippen molar-refractivity contribution < 1.29 is 14.6 Å². The number of rotatable bonds is 1. The summed E-state index contributed by atoms with van der Waals surface area (Å²) >= 11 is 1.60. The monoisotopic (exact) mass is 281 g/mol. The molecule has 0 fully saturated rings. The first-order chi connectivity index (χ1) is 8.90. The Hall–Kier alpha value is -1.20. The van der Waals surface area contributed by atoms with Crippen LogP contribution in [0.1, 0.15) is 20.8 Å². The second kappa shape index (κ2) is 5.43. The second-order valence-electron chi connectivity index (χ2n) is 5.48. The van der Waals surface area contributed by atoms with Gasteiger partial charge < -0.3 is 9.84 Å². The van der Waals surface area contributed by atoms with Gasteiger partial charge in [-0.25, -0.2) is 4.79 Å². The standard InChI is InChI=1S/C14H19NO3S/c1-14(2,3)18-13(17)15-8-10(9-16)19-12-7-5-4-6-11(12)15/h4-7,10,16H,8-9H2,1-3H3. The van der Waals surface area contributed by atoms with Crippen LogP contribution in [0.5, 0.6) is 0 Å². The highest BCUT2D eigenvalue weighted by atomic mass is 32.2. The molecule has 1 aliphatic heterocycles. The van der Waals surface area contributed by atoms with Crippen molar-refractivity contribution in [1.29, 1.82) is 0 Å². The van der Waals surface area contributed by atoms with Gasteiger partial charge in [0.15, 0.2) is 0 Å². The molecule has 1 N–H and O–H groups in total. The van der Waals surface area contributed by atoms with Crippen molar-refractivity contribution in [3.8, 4) is 0 Å². The summed E-state index contributed by atoms with van der Waals surface area (Å²) in [4.78, 5) is 14.9. The van der Waals surface area contributed by atoms with E-state index in [1.807, 2.05) is 45.0 Å². The van der Waals surface area contributed by atoms with Crippen LogP contribution in [0.2, 0.25) is 0 Å². The lowest BCUT2D eigenvalue weighted by Gasteiger charge is -2.34. The van der Waals surface area contributed by atoms with Gasteiger partial charge in [-0.1, -0.05) is 12.1 Å². The summed E-state index contributed by atoms with van der Waals surface area (Å²) in [7, 11) is 0. The van der Waals surface area contributed by atoms with Crippen molar-refractivity contribution in [3.05, 3.63) is 24.3 Å². The number of aliphatic hydroxyl groups excluding tert-OH is 1. The molecule has 1 heterocycles. The first-order valence-corrected chi connectivity index (χ1v) is 7.16. The van der Waals surface area contributed by atoms with E-state index in [4.69, 9.17) is 4.74 Å². The van der Waals surface area contributed by atoms with E-state index in [2.05, 4.69) is 0 Å². The lowest BCUT2D eigenvalue weighted by atomic mass is 10.2. The lowest BCUT2D eigenvalue weighted by molar-refractivity contribution is 0.0577. The van der Waals surface area contributed by atoms with E-state index in [0.29, 0.717) is 6.54 Å². The van der Waals surface area contributed by atoms with Gasteiger partial charge in [0.2, 0.25) is 0 Å². The number of para-hydroxylation sites is 1. The fourth-order valence-electron chi connectivity index (χ4n) is 1.88. The maximum Gasteiger partial charge on any atom is 0.414 e. The highest BCUT2D eigenvalue weighted by Gasteiger charge is 2.31. The summed E-state index contributed by atoms with van der Waals surface area (Å²) < 4.78 is 5.42. The molecule has 1 amide bonds. The molecule has 0 bridgehead atoms. The minimum atomic E-state index is -0.522. The van der Waals surface area contributed by atoms with Crippen molar-refractivity contribution in [2.75, 3.05) is 18.1 Å². The molecule has 0 saturated heterocycles. The Balaban J connectivity index is 2.27. The summed E-state index contributed by atoms with van der Waals surface area (Å²) in [5.74, 6) is 0. The van der Waals surface area contributed by atoms with Crippen LogP contribution < -0.4 is 4.90 Å². The lowest BCUT2D eigenvalue weighted by Crippen LogP contribution is -2.43. The maximum absolute atomic E-state index is 12.3. The van der Waals surface area contributed by atoms with Crippen molar-refractivity contribution in [2.45, 2.75) is 36.5 Å². The number of hydrogen-bond donors (Lipinski definition) is 1. The Morgan fingerprint density at radius 1 is 1.47 bits per heavy atom. The van der Waals surface area contributed by atoms with Gasteiger partial charge in [-0.2, -0.15) is 0 Å². The van der Waals surface area contributed by atoms with Gasteiger partial charge >= 0.3 is 6.09 Å². The van der Waals surface area contributed by atoms with Crippen LogP contribution in [-0.4, -0.2) is 35.2 Å². The van der Waals surface area contributed by atoms with Crippen LogP contribution in [0.4, 0.5) is 10.5 Å². The first-order valence-electron chi connectivity index (χ1n) is 6.28. The number of carbonyl (C=O) groups is 1. The Kier molecular flexibility index (Phi) is 4.06. The Labute approximate surface area is 117 Å². The van der Waals surface area contributed by atoms with Gasteiger partial charge in [-0.3, -0.25) is 4.90 Å². The summed E-state index contributed by atoms with van der Waals surface area (Å²) in [6.07, 6.45) is -0.362. The number of thioether (sulfide) groups is 1. The molecule has 0 spiro atoms. The van der Waals surface area contributed by atoms with E-state index in [0.717, 1.165) is 10.6 Å². The number of nitrogens with zero attached hydrogens (tertiary/aromatic N) is 1. The molecule has 0 aromatic heterocycles. The van der Waals surface area contributed by atoms with Crippen molar-refractivity contribution in [2.24, 2.45) is 0 Å². The number of anilines is 1. The molecule has 0 saturated carbocycles. The van der Waals surface area contributed by atoms with E-state index >= 15 is 0 Å². The van der Waals surface area contributed by atoms with Gasteiger partial charge in [-0.05, 0) is 32.9 Å². The van der Waals surface area contributed by atoms with Crippen LogP contribution in [0.15, 0.2) is 29.2 Å². The van der Waals surface area contributed by atoms with Gasteiger partial charge in [0, 0.05) is 11.4 Å². The largest absolute Gasteiger partial charge is 0.443 e. The van der Waals surface area contributed by atoms with Gasteiger partial charge in [0.25, 0.3) is 0 Å². The highest BCUT2D eigenvalue weighted by Crippen LogP contribution is 2.38. The van der Waals surface area contributed by atoms with Crippen molar-refractivity contribution >= 4 is 23.5 Å². The zero-order valence-electron chi connectivity index (χ0n) is 11.4. The van der Waals surface area contributed by atoms with E-state index in [9.17, 15) is 9.90 Å². The number of amides is 1. The summed E-state index contributed by atoms with van der Waals surface area (Å²) in [6, 6.07) is 7.69. The highest BCUT2D eigenvalue weighted by molar-refractivity contribution is 8.00. The first kappa shape index (κ1) is 14.2. The minimum Gasteiger partial charge on any atom is -0.443 e. The summed E-state index contributed by atoms with van der Waals surface area (Å²) in [6.45, 7) is 6.04. The Morgan fingerprint density at radius 3 is 2.79 bits per heavy atom. The number of benzene rings is 1. The van der Waals surface area contributed by atoms with Gasteiger partial charge in [-0.15, -0.1) is 11.8 Å². The molecule has 1 atom stereocenters. The average molecular weight is 281 g/mol. The zero-order valence-corrected chi connectivity index (χ0v) is 12.2. The molecule has 5 heteroatoms. The van der Waals surface area contributed by atoms with Crippen LogP contribution >= 0.6 is 11.8 Å². The molecule has 1 aromatic carbocycles. The number of ether oxygens (including phenoxy) is 1. The van der Waals surface area contributed by atoms with E-state index in [1.165, 1.54) is 0 Å². The smallest absolute Gasteiger partial charge is 0.414 e. The normalized spacial score (nSPS) is 18.9. The summed E-state index contributed by atoms with van der Waals surface area (Å²) in [5.41, 5.74) is 0.331. The number of carbonyl (C=O) groups excluding carboxylic acids is 1. The Morgan fingerprint density at radius 2 is 2.16 bits per heavy atom. The van der Waals surface area contributed by atoms with Crippen LogP contribution in [0.25, 0.3) is 0 Å². The molecule has 1 aromatic rings. The molecule has 1 unspecified atom stereocenters. The third-order valence-corrected chi connectivity index (χ3v) is 3.88. The van der Waals surface area contributed by atoms with Gasteiger partial charge in [0.05, 0.1) is 17.5 Å². The molecular formula is C14H19NO3S. The van der Waals surface area contributed by atoms with Gasteiger partial charge in [0.1, 0.15) is 5.60 Å². The van der Waals surface area contributed by atoms with E-state index in [1.54, 1.807) is 16.7 Å².